The van der Waals surface area contributed by atoms with Gasteiger partial charge < -0.3 is 0 Å². The lowest BCUT2D eigenvalue weighted by molar-refractivity contribution is 0.596. The Hall–Kier alpha value is -2.75. The highest BCUT2D eigenvalue weighted by Crippen LogP contribution is 2.42. The molecule has 34 heavy (non-hydrogen) atoms. The van der Waals surface area contributed by atoms with Gasteiger partial charge in [-0.15, -0.1) is 11.3 Å². The van der Waals surface area contributed by atoms with E-state index in [9.17, 15) is 0 Å². The Bertz CT molecular complexity index is 1590. The molecule has 0 aliphatic heterocycles. The number of nitrogens with zero attached hydrogens (tertiary/aromatic N) is 1. The monoisotopic (exact) mass is 479 g/mol. The van der Waals surface area contributed by atoms with Crippen LogP contribution < -0.4 is 5.19 Å². The topological polar surface area (TPSA) is 12.9 Å². The van der Waals surface area contributed by atoms with Crippen LogP contribution in [0.5, 0.6) is 0 Å². The molecule has 3 aromatic carbocycles. The maximum Gasteiger partial charge on any atom is 0.0880 e. The van der Waals surface area contributed by atoms with Gasteiger partial charge in [0.2, 0.25) is 0 Å². The van der Waals surface area contributed by atoms with Crippen LogP contribution >= 0.6 is 11.3 Å². The SMILES string of the molecule is C=C(C)c1cc([Si](C)(C)C)c2sc3c(-c4cc(C(C)(C)C)c5ccccc5c4)nccc3c2c1. The molecule has 1 nitrogen and oxygen atoms in total. The minimum absolute atomic E-state index is 0.0467. The van der Waals surface area contributed by atoms with Crippen LogP contribution in [0.1, 0.15) is 38.8 Å². The van der Waals surface area contributed by atoms with Crippen molar-refractivity contribution in [2.24, 2.45) is 0 Å². The molecule has 0 saturated carbocycles. The number of rotatable bonds is 3. The molecule has 0 atom stereocenters. The Kier molecular flexibility index (Phi) is 5.34. The highest BCUT2D eigenvalue weighted by atomic mass is 32.1. The Labute approximate surface area is 208 Å². The van der Waals surface area contributed by atoms with E-state index in [1.54, 1.807) is 0 Å². The number of allylic oxidation sites excluding steroid dienone is 1. The smallest absolute Gasteiger partial charge is 0.0880 e. The summed E-state index contributed by atoms with van der Waals surface area (Å²) in [6.07, 6.45) is 1.98. The Morgan fingerprint density at radius 1 is 0.882 bits per heavy atom. The van der Waals surface area contributed by atoms with Crippen LogP contribution in [0.25, 0.3) is 47.8 Å². The summed E-state index contributed by atoms with van der Waals surface area (Å²) in [4.78, 5) is 4.96. The van der Waals surface area contributed by atoms with Gasteiger partial charge >= 0.3 is 0 Å². The van der Waals surface area contributed by atoms with Gasteiger partial charge in [0.25, 0.3) is 0 Å². The maximum absolute atomic E-state index is 4.96. The lowest BCUT2D eigenvalue weighted by Crippen LogP contribution is -2.37. The molecular formula is C31H33NSSi. The maximum atomic E-state index is 4.96. The van der Waals surface area contributed by atoms with Crippen LogP contribution in [0.3, 0.4) is 0 Å². The predicted octanol–water partition coefficient (Wildman–Crippen LogP) is 9.15. The molecule has 2 heterocycles. The fourth-order valence-electron chi connectivity index (χ4n) is 4.88. The third-order valence-electron chi connectivity index (χ3n) is 6.73. The van der Waals surface area contributed by atoms with E-state index >= 15 is 0 Å². The molecule has 0 bridgehead atoms. The summed E-state index contributed by atoms with van der Waals surface area (Å²) in [5.74, 6) is 0. The molecule has 0 unspecified atom stereocenters. The van der Waals surface area contributed by atoms with Crippen molar-refractivity contribution >= 4 is 61.1 Å². The zero-order valence-corrected chi connectivity index (χ0v) is 23.2. The zero-order chi connectivity index (χ0) is 24.4. The van der Waals surface area contributed by atoms with Crippen molar-refractivity contribution in [3.05, 3.63) is 78.5 Å². The molecule has 2 aromatic heterocycles. The van der Waals surface area contributed by atoms with Gasteiger partial charge in [0, 0.05) is 27.2 Å². The first-order valence-corrected chi connectivity index (χ1v) is 16.3. The Morgan fingerprint density at radius 3 is 2.29 bits per heavy atom. The standard InChI is InChI=1S/C31H33NSSi/c1-19(2)21-16-25-24-13-14-32-28(30(24)33-29(25)27(18-21)34(6,7)8)22-15-20-11-9-10-12-23(20)26(17-22)31(3,4)5/h9-18H,1H2,2-8H3. The van der Waals surface area contributed by atoms with Crippen LogP contribution in [0.2, 0.25) is 19.6 Å². The summed E-state index contributed by atoms with van der Waals surface area (Å²) in [5, 5.41) is 6.77. The van der Waals surface area contributed by atoms with Crippen molar-refractivity contribution in [1.29, 1.82) is 0 Å². The molecule has 0 N–H and O–H groups in total. The van der Waals surface area contributed by atoms with Gasteiger partial charge in [0.05, 0.1) is 18.5 Å². The van der Waals surface area contributed by atoms with Crippen molar-refractivity contribution in [3.63, 3.8) is 0 Å². The van der Waals surface area contributed by atoms with Gasteiger partial charge in [0.1, 0.15) is 0 Å². The second kappa shape index (κ2) is 7.89. The van der Waals surface area contributed by atoms with E-state index in [1.807, 2.05) is 17.5 Å². The van der Waals surface area contributed by atoms with Gasteiger partial charge in [-0.3, -0.25) is 4.98 Å². The number of hydrogen-bond acceptors (Lipinski definition) is 2. The van der Waals surface area contributed by atoms with E-state index in [1.165, 1.54) is 52.8 Å². The lowest BCUT2D eigenvalue weighted by Gasteiger charge is -2.22. The predicted molar refractivity (Wildman–Crippen MR) is 156 cm³/mol. The first-order valence-electron chi connectivity index (χ1n) is 12.0. The minimum atomic E-state index is -1.56. The van der Waals surface area contributed by atoms with E-state index in [0.717, 1.165) is 11.3 Å². The number of hydrogen-bond donors (Lipinski definition) is 0. The highest BCUT2D eigenvalue weighted by molar-refractivity contribution is 7.28. The van der Waals surface area contributed by atoms with Crippen LogP contribution in [0.4, 0.5) is 0 Å². The average molecular weight is 480 g/mol. The van der Waals surface area contributed by atoms with Gasteiger partial charge in [-0.2, -0.15) is 0 Å². The lowest BCUT2D eigenvalue weighted by atomic mass is 9.82. The first-order chi connectivity index (χ1) is 15.9. The van der Waals surface area contributed by atoms with Crippen LogP contribution in [-0.4, -0.2) is 13.1 Å². The molecule has 0 aliphatic rings. The van der Waals surface area contributed by atoms with Gasteiger partial charge in [-0.25, -0.2) is 0 Å². The second-order valence-electron chi connectivity index (χ2n) is 11.6. The zero-order valence-electron chi connectivity index (χ0n) is 21.3. The van der Waals surface area contributed by atoms with E-state index in [-0.39, 0.29) is 5.41 Å². The minimum Gasteiger partial charge on any atom is -0.255 e. The molecule has 172 valence electrons. The number of thiophene rings is 1. The van der Waals surface area contributed by atoms with E-state index in [4.69, 9.17) is 4.98 Å². The normalized spacial score (nSPS) is 12.7. The summed E-state index contributed by atoms with van der Waals surface area (Å²) >= 11 is 1.92. The Morgan fingerprint density at radius 2 is 1.62 bits per heavy atom. The molecule has 0 radical (unpaired) electrons. The molecule has 5 rings (SSSR count). The van der Waals surface area contributed by atoms with E-state index < -0.39 is 8.07 Å². The summed E-state index contributed by atoms with van der Waals surface area (Å²) in [6.45, 7) is 20.6. The van der Waals surface area contributed by atoms with Crippen LogP contribution in [0.15, 0.2) is 67.4 Å². The van der Waals surface area contributed by atoms with Crippen molar-refractivity contribution in [1.82, 2.24) is 4.98 Å². The fraction of sp³-hybridized carbons (Fsp3) is 0.258. The highest BCUT2D eigenvalue weighted by Gasteiger charge is 2.24. The van der Waals surface area contributed by atoms with Gasteiger partial charge in [-0.1, -0.05) is 82.9 Å². The summed E-state index contributed by atoms with van der Waals surface area (Å²) in [5.41, 5.74) is 6.09. The number of fused-ring (bicyclic) bond motifs is 4. The molecule has 0 spiro atoms. The average Bonchev–Trinajstić information content (AvgIpc) is 3.15. The number of aromatic nitrogens is 1. The Balaban J connectivity index is 1.87. The second-order valence-corrected chi connectivity index (χ2v) is 17.6. The fourth-order valence-corrected chi connectivity index (χ4v) is 8.56. The van der Waals surface area contributed by atoms with E-state index in [0.29, 0.717) is 0 Å². The van der Waals surface area contributed by atoms with E-state index in [2.05, 4.69) is 109 Å². The van der Waals surface area contributed by atoms with Crippen LogP contribution in [-0.2, 0) is 5.41 Å². The molecule has 0 aliphatic carbocycles. The molecule has 0 amide bonds. The molecule has 0 saturated heterocycles. The molecular weight excluding hydrogens is 447 g/mol. The number of benzene rings is 3. The summed E-state index contributed by atoms with van der Waals surface area (Å²) < 4.78 is 2.70. The number of pyridine rings is 1. The van der Waals surface area contributed by atoms with Crippen molar-refractivity contribution < 1.29 is 0 Å². The quantitative estimate of drug-likeness (QED) is 0.235. The third-order valence-corrected chi connectivity index (χ3v) is 10.2. The van der Waals surface area contributed by atoms with Crippen molar-refractivity contribution in [3.8, 4) is 11.3 Å². The molecule has 5 aromatic rings. The summed E-state index contributed by atoms with van der Waals surface area (Å²) in [6, 6.07) is 20.3. The third kappa shape index (κ3) is 3.81. The summed E-state index contributed by atoms with van der Waals surface area (Å²) in [7, 11) is -1.56. The van der Waals surface area contributed by atoms with Crippen molar-refractivity contribution in [2.45, 2.75) is 52.8 Å². The van der Waals surface area contributed by atoms with Crippen molar-refractivity contribution in [2.75, 3.05) is 0 Å². The first kappa shape index (κ1) is 23.0. The van der Waals surface area contributed by atoms with Crippen LogP contribution in [0, 0.1) is 0 Å². The van der Waals surface area contributed by atoms with Gasteiger partial charge in [-0.05, 0) is 63.7 Å². The largest absolute Gasteiger partial charge is 0.255 e. The molecule has 0 fully saturated rings. The van der Waals surface area contributed by atoms with Gasteiger partial charge in [0.15, 0.2) is 0 Å². The molecule has 3 heteroatoms.